The molecule has 5 rings (SSSR count). The number of aromatic nitrogens is 2. The first-order valence-corrected chi connectivity index (χ1v) is 12.8. The second-order valence-electron chi connectivity index (χ2n) is 9.72. The number of amides is 1. The Morgan fingerprint density at radius 1 is 1.03 bits per heavy atom. The molecule has 2 aliphatic rings. The molecule has 2 aromatic carbocycles. The van der Waals surface area contributed by atoms with Crippen molar-refractivity contribution in [2.75, 3.05) is 0 Å². The fourth-order valence-corrected chi connectivity index (χ4v) is 5.34. The van der Waals surface area contributed by atoms with Crippen molar-refractivity contribution in [1.29, 1.82) is 0 Å². The van der Waals surface area contributed by atoms with Crippen molar-refractivity contribution in [3.63, 3.8) is 0 Å². The lowest BCUT2D eigenvalue weighted by atomic mass is 9.87. The highest BCUT2D eigenvalue weighted by Gasteiger charge is 2.32. The average Bonchev–Trinajstić information content (AvgIpc) is 3.10. The second kappa shape index (κ2) is 10.8. The van der Waals surface area contributed by atoms with Crippen LogP contribution in [0.2, 0.25) is 0 Å². The fourth-order valence-electron chi connectivity index (χ4n) is 5.34. The average molecular weight is 506 g/mol. The first-order chi connectivity index (χ1) is 17.9. The molecule has 0 spiro atoms. The minimum absolute atomic E-state index is 0.000388. The largest absolute Gasteiger partial charge is 0.416 e. The van der Waals surface area contributed by atoms with Gasteiger partial charge in [-0.25, -0.2) is 0 Å². The van der Waals surface area contributed by atoms with E-state index in [1.54, 1.807) is 6.07 Å². The van der Waals surface area contributed by atoms with Gasteiger partial charge < -0.3 is 5.32 Å². The number of carbonyl (C=O) groups excluding carboxylic acids is 1. The summed E-state index contributed by atoms with van der Waals surface area (Å²) in [4.78, 5) is 13.4. The lowest BCUT2D eigenvalue weighted by Gasteiger charge is -2.21. The molecule has 0 saturated heterocycles. The number of halogens is 3. The van der Waals surface area contributed by atoms with Gasteiger partial charge in [-0.15, -0.1) is 0 Å². The van der Waals surface area contributed by atoms with Crippen LogP contribution >= 0.6 is 0 Å². The molecule has 1 atom stereocenters. The lowest BCUT2D eigenvalue weighted by molar-refractivity contribution is -0.137. The van der Waals surface area contributed by atoms with Crippen LogP contribution in [0.5, 0.6) is 0 Å². The van der Waals surface area contributed by atoms with E-state index in [9.17, 15) is 18.0 Å². The molecule has 1 N–H and O–H groups in total. The fraction of sp³-hybridized carbons (Fsp3) is 0.333. The van der Waals surface area contributed by atoms with Crippen LogP contribution in [-0.2, 0) is 25.7 Å². The van der Waals surface area contributed by atoms with E-state index in [1.165, 1.54) is 11.6 Å². The highest BCUT2D eigenvalue weighted by Crippen LogP contribution is 2.39. The van der Waals surface area contributed by atoms with Crippen LogP contribution < -0.4 is 5.32 Å². The Morgan fingerprint density at radius 3 is 2.59 bits per heavy atom. The van der Waals surface area contributed by atoms with Crippen LogP contribution in [0.3, 0.4) is 0 Å². The number of fused-ring (bicyclic) bond motifs is 1. The van der Waals surface area contributed by atoms with Crippen molar-refractivity contribution < 1.29 is 18.0 Å². The number of hydrogen-bond donors (Lipinski definition) is 1. The molecule has 192 valence electrons. The Labute approximate surface area is 214 Å². The van der Waals surface area contributed by atoms with Gasteiger partial charge in [-0.1, -0.05) is 67.1 Å². The molecule has 0 radical (unpaired) electrons. The maximum atomic E-state index is 13.4. The van der Waals surface area contributed by atoms with Gasteiger partial charge in [0.15, 0.2) is 5.69 Å². The van der Waals surface area contributed by atoms with E-state index in [1.807, 2.05) is 35.0 Å². The van der Waals surface area contributed by atoms with E-state index in [2.05, 4.69) is 23.5 Å². The van der Waals surface area contributed by atoms with Crippen LogP contribution in [0.15, 0.2) is 78.4 Å². The summed E-state index contributed by atoms with van der Waals surface area (Å²) in [6.07, 6.45) is 8.10. The van der Waals surface area contributed by atoms with Crippen molar-refractivity contribution >= 4 is 5.91 Å². The first-order valence-electron chi connectivity index (χ1n) is 12.8. The van der Waals surface area contributed by atoms with Crippen LogP contribution in [0.25, 0.3) is 0 Å². The van der Waals surface area contributed by atoms with E-state index in [0.29, 0.717) is 17.8 Å². The minimum Gasteiger partial charge on any atom is -0.347 e. The quantitative estimate of drug-likeness (QED) is 0.368. The van der Waals surface area contributed by atoms with Gasteiger partial charge in [-0.3, -0.25) is 9.48 Å². The van der Waals surface area contributed by atoms with Gasteiger partial charge in [0.2, 0.25) is 0 Å². The van der Waals surface area contributed by atoms with E-state index in [4.69, 9.17) is 5.10 Å². The number of nitrogens with one attached hydrogen (secondary N) is 1. The normalized spacial score (nSPS) is 17.6. The van der Waals surface area contributed by atoms with E-state index < -0.39 is 11.7 Å². The third kappa shape index (κ3) is 5.71. The van der Waals surface area contributed by atoms with Crippen LogP contribution in [-0.4, -0.2) is 15.7 Å². The zero-order valence-electron chi connectivity index (χ0n) is 20.6. The van der Waals surface area contributed by atoms with Crippen molar-refractivity contribution in [1.82, 2.24) is 15.1 Å². The summed E-state index contributed by atoms with van der Waals surface area (Å²) in [5, 5.41) is 7.64. The van der Waals surface area contributed by atoms with Gasteiger partial charge in [-0.05, 0) is 60.9 Å². The van der Waals surface area contributed by atoms with Gasteiger partial charge in [0.05, 0.1) is 17.8 Å². The van der Waals surface area contributed by atoms with Crippen molar-refractivity contribution in [3.05, 3.63) is 112 Å². The Kier molecular flexibility index (Phi) is 7.31. The Hall–Kier alpha value is -3.61. The Morgan fingerprint density at radius 2 is 1.84 bits per heavy atom. The van der Waals surface area contributed by atoms with Crippen molar-refractivity contribution in [2.45, 2.75) is 63.7 Å². The molecule has 0 bridgehead atoms. The standard InChI is InChI=1S/C30H30F3N3O/c31-30(32,33)24-15-9-12-22(18-24)19-34-29(37)27-26-17-8-7-16-25(23-13-5-2-6-14-23)28(26)36(35-27)20-21-10-3-1-4-11-21/h1,3-5,9-15,18,25H,2,6-8,16-17,19-20H2,(H,34,37). The summed E-state index contributed by atoms with van der Waals surface area (Å²) >= 11 is 0. The SMILES string of the molecule is O=C(NCc1cccc(C(F)(F)F)c1)c1nn(Cc2ccccc2)c2c1CCCCC2C1=CCCC=C1. The minimum atomic E-state index is -4.43. The first kappa shape index (κ1) is 25.1. The highest BCUT2D eigenvalue weighted by molar-refractivity contribution is 5.94. The van der Waals surface area contributed by atoms with Gasteiger partial charge in [0, 0.05) is 18.0 Å². The predicted molar refractivity (Wildman–Crippen MR) is 137 cm³/mol. The molecular formula is C30H30F3N3O. The third-order valence-electron chi connectivity index (χ3n) is 7.12. The second-order valence-corrected chi connectivity index (χ2v) is 9.72. The number of allylic oxidation sites excluding steroid dienone is 4. The van der Waals surface area contributed by atoms with Crippen molar-refractivity contribution in [2.24, 2.45) is 0 Å². The predicted octanol–water partition coefficient (Wildman–Crippen LogP) is 6.97. The summed E-state index contributed by atoms with van der Waals surface area (Å²) in [7, 11) is 0. The number of carbonyl (C=O) groups is 1. The molecule has 1 aromatic heterocycles. The van der Waals surface area contributed by atoms with Gasteiger partial charge in [0.1, 0.15) is 0 Å². The molecule has 0 saturated carbocycles. The third-order valence-corrected chi connectivity index (χ3v) is 7.12. The zero-order valence-corrected chi connectivity index (χ0v) is 20.6. The maximum Gasteiger partial charge on any atom is 0.416 e. The van der Waals surface area contributed by atoms with Crippen LogP contribution in [0.4, 0.5) is 13.2 Å². The molecule has 37 heavy (non-hydrogen) atoms. The molecule has 4 nitrogen and oxygen atoms in total. The summed E-state index contributed by atoms with van der Waals surface area (Å²) in [6.45, 7) is 0.554. The smallest absolute Gasteiger partial charge is 0.347 e. The monoisotopic (exact) mass is 505 g/mol. The molecule has 0 fully saturated rings. The molecule has 3 aromatic rings. The molecular weight excluding hydrogens is 475 g/mol. The van der Waals surface area contributed by atoms with Crippen LogP contribution in [0.1, 0.15) is 76.5 Å². The summed E-state index contributed by atoms with van der Waals surface area (Å²) in [5.41, 5.74) is 4.47. The number of benzene rings is 2. The molecule has 0 aliphatic heterocycles. The summed E-state index contributed by atoms with van der Waals surface area (Å²) < 4.78 is 41.3. The Balaban J connectivity index is 1.47. The van der Waals surface area contributed by atoms with Crippen LogP contribution in [0, 0.1) is 0 Å². The van der Waals surface area contributed by atoms with Crippen molar-refractivity contribution in [3.8, 4) is 0 Å². The Bertz CT molecular complexity index is 1320. The summed E-state index contributed by atoms with van der Waals surface area (Å²) in [6, 6.07) is 15.1. The van der Waals surface area contributed by atoms with E-state index in [0.717, 1.165) is 67.5 Å². The van der Waals surface area contributed by atoms with E-state index in [-0.39, 0.29) is 18.4 Å². The summed E-state index contributed by atoms with van der Waals surface area (Å²) in [5.74, 6) is -0.190. The molecule has 1 amide bonds. The lowest BCUT2D eigenvalue weighted by Crippen LogP contribution is -2.24. The van der Waals surface area contributed by atoms with Gasteiger partial charge >= 0.3 is 6.18 Å². The topological polar surface area (TPSA) is 46.9 Å². The number of hydrogen-bond acceptors (Lipinski definition) is 2. The van der Waals surface area contributed by atoms with Gasteiger partial charge in [0.25, 0.3) is 5.91 Å². The van der Waals surface area contributed by atoms with Gasteiger partial charge in [-0.2, -0.15) is 18.3 Å². The highest BCUT2D eigenvalue weighted by atomic mass is 19.4. The van der Waals surface area contributed by atoms with E-state index >= 15 is 0 Å². The number of alkyl halides is 3. The molecule has 1 unspecified atom stereocenters. The molecule has 1 heterocycles. The number of nitrogens with zero attached hydrogens (tertiary/aromatic N) is 2. The zero-order chi connectivity index (χ0) is 25.8. The number of rotatable bonds is 6. The molecule has 2 aliphatic carbocycles. The maximum absolute atomic E-state index is 13.4. The molecule has 7 heteroatoms.